The average molecular weight is 339 g/mol. The molecule has 132 valence electrons. The van der Waals surface area contributed by atoms with Crippen molar-refractivity contribution in [2.45, 2.75) is 38.0 Å². The molecule has 2 aromatic rings. The topological polar surface area (TPSA) is 47.4 Å². The molecule has 2 heterocycles. The Hall–Kier alpha value is -2.30. The summed E-state index contributed by atoms with van der Waals surface area (Å²) >= 11 is 0. The number of benzene rings is 1. The van der Waals surface area contributed by atoms with Crippen LogP contribution in [-0.4, -0.2) is 40.6 Å². The molecule has 2 aliphatic rings. The molecule has 5 heteroatoms. The summed E-state index contributed by atoms with van der Waals surface area (Å²) in [6, 6.07) is 4.13. The summed E-state index contributed by atoms with van der Waals surface area (Å²) in [4.78, 5) is 19.5. The van der Waals surface area contributed by atoms with Crippen LogP contribution in [0.1, 0.15) is 52.5 Å². The molecule has 0 saturated carbocycles. The number of rotatable bonds is 3. The van der Waals surface area contributed by atoms with E-state index >= 15 is 0 Å². The Bertz CT molecular complexity index is 788. The van der Waals surface area contributed by atoms with Crippen molar-refractivity contribution >= 4 is 5.91 Å². The average Bonchev–Trinajstić information content (AvgIpc) is 3.28. The molecule has 0 bridgehead atoms. The normalized spacial score (nSPS) is 17.6. The first-order valence-corrected chi connectivity index (χ1v) is 9.13. The second-order valence-electron chi connectivity index (χ2n) is 7.14. The first-order valence-electron chi connectivity index (χ1n) is 9.13. The second-order valence-corrected chi connectivity index (χ2v) is 7.14. The molecule has 1 aliphatic heterocycles. The molecule has 0 atom stereocenters. The number of methoxy groups -OCH3 is 1. The van der Waals surface area contributed by atoms with E-state index in [9.17, 15) is 4.79 Å². The van der Waals surface area contributed by atoms with E-state index < -0.39 is 0 Å². The highest BCUT2D eigenvalue weighted by Crippen LogP contribution is 2.32. The van der Waals surface area contributed by atoms with Crippen LogP contribution in [0.2, 0.25) is 0 Å². The van der Waals surface area contributed by atoms with Gasteiger partial charge in [-0.05, 0) is 55.4 Å². The van der Waals surface area contributed by atoms with Gasteiger partial charge < -0.3 is 14.2 Å². The molecule has 1 aliphatic carbocycles. The maximum Gasteiger partial charge on any atom is 0.257 e. The van der Waals surface area contributed by atoms with Crippen LogP contribution >= 0.6 is 0 Å². The highest BCUT2D eigenvalue weighted by atomic mass is 16.5. The van der Waals surface area contributed by atoms with Crippen LogP contribution in [0.25, 0.3) is 0 Å². The Balaban J connectivity index is 1.50. The van der Waals surface area contributed by atoms with Crippen LogP contribution in [0.5, 0.6) is 5.75 Å². The second kappa shape index (κ2) is 6.54. The first kappa shape index (κ1) is 16.2. The molecule has 0 spiro atoms. The number of aromatic nitrogens is 2. The number of amides is 1. The van der Waals surface area contributed by atoms with Gasteiger partial charge in [0.15, 0.2) is 0 Å². The molecule has 0 N–H and O–H groups in total. The van der Waals surface area contributed by atoms with E-state index in [2.05, 4.69) is 21.7 Å². The van der Waals surface area contributed by atoms with Gasteiger partial charge in [-0.2, -0.15) is 0 Å². The summed E-state index contributed by atoms with van der Waals surface area (Å²) in [7, 11) is 3.69. The number of hydrogen-bond acceptors (Lipinski definition) is 3. The number of carbonyl (C=O) groups excluding carboxylic acids is 1. The Morgan fingerprint density at radius 3 is 2.56 bits per heavy atom. The zero-order valence-electron chi connectivity index (χ0n) is 15.0. The number of ether oxygens (including phenoxy) is 1. The Kier molecular flexibility index (Phi) is 4.24. The minimum absolute atomic E-state index is 0.102. The Labute approximate surface area is 148 Å². The number of likely N-dealkylation sites (tertiary alicyclic amines) is 1. The van der Waals surface area contributed by atoms with Crippen molar-refractivity contribution in [1.82, 2.24) is 14.5 Å². The Morgan fingerprint density at radius 2 is 1.92 bits per heavy atom. The third-order valence-electron chi connectivity index (χ3n) is 5.65. The number of piperidine rings is 1. The van der Waals surface area contributed by atoms with Gasteiger partial charge in [0.25, 0.3) is 5.91 Å². The lowest BCUT2D eigenvalue weighted by Crippen LogP contribution is -2.38. The molecule has 4 rings (SSSR count). The summed E-state index contributed by atoms with van der Waals surface area (Å²) in [6.07, 6.45) is 9.10. The van der Waals surface area contributed by atoms with Crippen molar-refractivity contribution in [2.75, 3.05) is 20.2 Å². The lowest BCUT2D eigenvalue weighted by atomic mass is 9.95. The minimum Gasteiger partial charge on any atom is -0.496 e. The van der Waals surface area contributed by atoms with Gasteiger partial charge in [-0.25, -0.2) is 4.98 Å². The standard InChI is InChI=1S/C20H25N3O2/c1-22-11-8-21-19(22)14-6-9-23(10-7-14)20(24)17-12-15-4-3-5-16(15)13-18(17)25-2/h8,11-14H,3-7,9-10H2,1-2H3. The number of nitrogens with zero attached hydrogens (tertiary/aromatic N) is 3. The molecular formula is C20H25N3O2. The van der Waals surface area contributed by atoms with Crippen molar-refractivity contribution in [3.05, 3.63) is 47.0 Å². The quantitative estimate of drug-likeness (QED) is 0.864. The lowest BCUT2D eigenvalue weighted by Gasteiger charge is -2.32. The fraction of sp³-hybridized carbons (Fsp3) is 0.500. The van der Waals surface area contributed by atoms with Gasteiger partial charge >= 0.3 is 0 Å². The van der Waals surface area contributed by atoms with Crippen molar-refractivity contribution in [3.63, 3.8) is 0 Å². The molecule has 1 aromatic heterocycles. The fourth-order valence-electron chi connectivity index (χ4n) is 4.22. The molecule has 1 fully saturated rings. The molecule has 5 nitrogen and oxygen atoms in total. The number of hydrogen-bond donors (Lipinski definition) is 0. The highest BCUT2D eigenvalue weighted by Gasteiger charge is 2.28. The van der Waals surface area contributed by atoms with E-state index in [1.165, 1.54) is 17.5 Å². The molecule has 0 unspecified atom stereocenters. The maximum atomic E-state index is 13.1. The van der Waals surface area contributed by atoms with Gasteiger partial charge in [0.2, 0.25) is 0 Å². The van der Waals surface area contributed by atoms with Gasteiger partial charge in [0.05, 0.1) is 12.7 Å². The number of carbonyl (C=O) groups is 1. The van der Waals surface area contributed by atoms with Crippen molar-refractivity contribution in [2.24, 2.45) is 7.05 Å². The van der Waals surface area contributed by atoms with Gasteiger partial charge in [-0.1, -0.05) is 0 Å². The number of aryl methyl sites for hydroxylation is 3. The van der Waals surface area contributed by atoms with E-state index in [4.69, 9.17) is 4.74 Å². The molecule has 1 aromatic carbocycles. The predicted molar refractivity (Wildman–Crippen MR) is 96.1 cm³/mol. The van der Waals surface area contributed by atoms with Gasteiger partial charge in [-0.15, -0.1) is 0 Å². The minimum atomic E-state index is 0.102. The van der Waals surface area contributed by atoms with E-state index in [0.29, 0.717) is 5.92 Å². The predicted octanol–water partition coefficient (Wildman–Crippen LogP) is 2.94. The Morgan fingerprint density at radius 1 is 1.20 bits per heavy atom. The third kappa shape index (κ3) is 2.92. The van der Waals surface area contributed by atoms with E-state index in [1.807, 2.05) is 24.3 Å². The number of imidazole rings is 1. The molecule has 1 saturated heterocycles. The van der Waals surface area contributed by atoms with E-state index in [1.54, 1.807) is 7.11 Å². The van der Waals surface area contributed by atoms with Crippen molar-refractivity contribution < 1.29 is 9.53 Å². The van der Waals surface area contributed by atoms with Crippen LogP contribution in [-0.2, 0) is 19.9 Å². The highest BCUT2D eigenvalue weighted by molar-refractivity contribution is 5.97. The van der Waals surface area contributed by atoms with Crippen molar-refractivity contribution in [3.8, 4) is 5.75 Å². The molecule has 1 amide bonds. The summed E-state index contributed by atoms with van der Waals surface area (Å²) in [6.45, 7) is 1.55. The van der Waals surface area contributed by atoms with E-state index in [-0.39, 0.29) is 5.91 Å². The summed E-state index contributed by atoms with van der Waals surface area (Å²) in [5, 5.41) is 0. The lowest BCUT2D eigenvalue weighted by molar-refractivity contribution is 0.0707. The molecular weight excluding hydrogens is 314 g/mol. The van der Waals surface area contributed by atoms with Crippen LogP contribution in [0, 0.1) is 0 Å². The monoisotopic (exact) mass is 339 g/mol. The van der Waals surface area contributed by atoms with Gasteiger partial charge in [-0.3, -0.25) is 4.79 Å². The first-order chi connectivity index (χ1) is 12.2. The summed E-state index contributed by atoms with van der Waals surface area (Å²) in [5.41, 5.74) is 3.37. The molecule has 0 radical (unpaired) electrons. The maximum absolute atomic E-state index is 13.1. The SMILES string of the molecule is COc1cc2c(cc1C(=O)N1CCC(c3nccn3C)CC1)CCC2. The van der Waals surface area contributed by atoms with Crippen LogP contribution < -0.4 is 4.74 Å². The van der Waals surface area contributed by atoms with Crippen molar-refractivity contribution in [1.29, 1.82) is 0 Å². The van der Waals surface area contributed by atoms with Gasteiger partial charge in [0, 0.05) is 38.4 Å². The summed E-state index contributed by atoms with van der Waals surface area (Å²) < 4.78 is 7.61. The fourth-order valence-corrected chi connectivity index (χ4v) is 4.22. The van der Waals surface area contributed by atoms with Gasteiger partial charge in [0.1, 0.15) is 11.6 Å². The van der Waals surface area contributed by atoms with E-state index in [0.717, 1.165) is 55.9 Å². The zero-order chi connectivity index (χ0) is 17.4. The molecule has 25 heavy (non-hydrogen) atoms. The largest absolute Gasteiger partial charge is 0.496 e. The zero-order valence-corrected chi connectivity index (χ0v) is 15.0. The van der Waals surface area contributed by atoms with Crippen LogP contribution in [0.3, 0.4) is 0 Å². The third-order valence-corrected chi connectivity index (χ3v) is 5.65. The van der Waals surface area contributed by atoms with Crippen LogP contribution in [0.4, 0.5) is 0 Å². The smallest absolute Gasteiger partial charge is 0.257 e. The van der Waals surface area contributed by atoms with Crippen LogP contribution in [0.15, 0.2) is 24.5 Å². The number of fused-ring (bicyclic) bond motifs is 1. The summed E-state index contributed by atoms with van der Waals surface area (Å²) in [5.74, 6) is 2.38.